The molecule has 0 spiro atoms. The summed E-state index contributed by atoms with van der Waals surface area (Å²) in [5.74, 6) is 0. The van der Waals surface area contributed by atoms with Gasteiger partial charge in [0.15, 0.2) is 18.9 Å². The van der Waals surface area contributed by atoms with Crippen LogP contribution in [0.2, 0.25) is 0 Å². The Hall–Kier alpha value is -0.640. The summed E-state index contributed by atoms with van der Waals surface area (Å²) < 4.78 is 26.4. The van der Waals surface area contributed by atoms with Crippen LogP contribution in [0, 0.1) is 0 Å². The van der Waals surface area contributed by atoms with E-state index in [1.807, 2.05) is 0 Å². The average Bonchev–Trinajstić information content (AvgIpc) is 2.83. The lowest BCUT2D eigenvalue weighted by molar-refractivity contribution is -0.377. The van der Waals surface area contributed by atoms with Crippen molar-refractivity contribution in [2.24, 2.45) is 0 Å². The third-order valence-corrected chi connectivity index (χ3v) is 6.09. The maximum absolute atomic E-state index is 10.6. The van der Waals surface area contributed by atoms with Gasteiger partial charge in [-0.15, -0.1) is 0 Å². The van der Waals surface area contributed by atoms with Crippen LogP contribution in [0.15, 0.2) is 0 Å². The van der Waals surface area contributed by atoms with E-state index in [1.165, 1.54) is 0 Å². The van der Waals surface area contributed by atoms with Crippen molar-refractivity contribution in [3.8, 4) is 0 Å². The van der Waals surface area contributed by atoms with Gasteiger partial charge >= 0.3 is 0 Å². The molecule has 11 N–H and O–H groups in total. The quantitative estimate of drug-likeness (QED) is 0.154. The number of ether oxygens (including phenoxy) is 5. The molecule has 34 heavy (non-hydrogen) atoms. The number of aliphatic hydroxyl groups is 11. The molecule has 0 saturated carbocycles. The summed E-state index contributed by atoms with van der Waals surface area (Å²) >= 11 is 0. The van der Waals surface area contributed by atoms with Gasteiger partial charge in [0, 0.05) is 0 Å². The normalized spacial score (nSPS) is 52.5. The summed E-state index contributed by atoms with van der Waals surface area (Å²) in [6.45, 7) is -2.32. The zero-order chi connectivity index (χ0) is 25.3. The van der Waals surface area contributed by atoms with Crippen LogP contribution in [0.4, 0.5) is 0 Å². The molecular formula is C18H32O16. The van der Waals surface area contributed by atoms with Crippen molar-refractivity contribution in [2.45, 2.75) is 92.1 Å². The van der Waals surface area contributed by atoms with Gasteiger partial charge in [0.2, 0.25) is 0 Å². The van der Waals surface area contributed by atoms with E-state index in [0.717, 1.165) is 0 Å². The van der Waals surface area contributed by atoms with Crippen LogP contribution in [0.1, 0.15) is 0 Å². The van der Waals surface area contributed by atoms with E-state index in [9.17, 15) is 56.2 Å². The maximum atomic E-state index is 10.6. The Morgan fingerprint density at radius 2 is 0.853 bits per heavy atom. The van der Waals surface area contributed by atoms with Gasteiger partial charge in [-0.3, -0.25) is 0 Å². The highest BCUT2D eigenvalue weighted by molar-refractivity contribution is 4.96. The van der Waals surface area contributed by atoms with Crippen molar-refractivity contribution >= 4 is 0 Å². The average molecular weight is 504 g/mol. The second-order valence-corrected chi connectivity index (χ2v) is 8.33. The molecule has 0 aromatic carbocycles. The molecule has 3 rings (SSSR count). The van der Waals surface area contributed by atoms with Gasteiger partial charge in [0.25, 0.3) is 0 Å². The molecule has 0 radical (unpaired) electrons. The predicted octanol–water partition coefficient (Wildman–Crippen LogP) is -7.57. The van der Waals surface area contributed by atoms with Crippen LogP contribution in [0.5, 0.6) is 0 Å². The first-order valence-corrected chi connectivity index (χ1v) is 10.6. The Morgan fingerprint density at radius 1 is 0.441 bits per heavy atom. The highest BCUT2D eigenvalue weighted by Crippen LogP contribution is 2.32. The minimum absolute atomic E-state index is 0.741. The molecule has 16 heteroatoms. The van der Waals surface area contributed by atoms with Gasteiger partial charge < -0.3 is 79.9 Å². The first-order valence-electron chi connectivity index (χ1n) is 10.6. The van der Waals surface area contributed by atoms with Gasteiger partial charge in [-0.2, -0.15) is 0 Å². The molecule has 0 amide bonds. The van der Waals surface area contributed by atoms with Gasteiger partial charge in [0.05, 0.1) is 19.8 Å². The molecule has 1 unspecified atom stereocenters. The molecule has 0 aliphatic carbocycles. The van der Waals surface area contributed by atoms with Crippen molar-refractivity contribution in [1.82, 2.24) is 0 Å². The lowest BCUT2D eigenvalue weighted by Gasteiger charge is -2.47. The Labute approximate surface area is 192 Å². The van der Waals surface area contributed by atoms with Crippen LogP contribution in [0.25, 0.3) is 0 Å². The summed E-state index contributed by atoms with van der Waals surface area (Å²) in [5.41, 5.74) is 0. The van der Waals surface area contributed by atoms with Crippen LogP contribution in [-0.4, -0.2) is 168 Å². The summed E-state index contributed by atoms with van der Waals surface area (Å²) in [7, 11) is 0. The van der Waals surface area contributed by atoms with Crippen molar-refractivity contribution in [2.75, 3.05) is 19.8 Å². The molecule has 200 valence electrons. The van der Waals surface area contributed by atoms with E-state index >= 15 is 0 Å². The Morgan fingerprint density at radius 3 is 1.35 bits per heavy atom. The second kappa shape index (κ2) is 11.6. The number of rotatable bonds is 7. The largest absolute Gasteiger partial charge is 0.394 e. The van der Waals surface area contributed by atoms with Crippen molar-refractivity contribution < 1.29 is 79.9 Å². The summed E-state index contributed by atoms with van der Waals surface area (Å²) in [4.78, 5) is 0. The van der Waals surface area contributed by atoms with Gasteiger partial charge in [-0.25, -0.2) is 0 Å². The molecule has 3 saturated heterocycles. The standard InChI is InChI=1S/C18H32O16/c19-1-4-7(22)8(23)12(27)17(31-4)34-15-6(3-21)32-18(13(28)10(15)25)33-14-5(2-20)30-16(29)11(26)9(14)24/h4-29H,1-3H2/t4-,5-,6-,7+,8+,9-,10-,11+,12-,13+,14-,15-,16?,17+,18+/m1/s1. The van der Waals surface area contributed by atoms with Crippen LogP contribution in [0.3, 0.4) is 0 Å². The Balaban J connectivity index is 1.72. The number of hydrogen-bond acceptors (Lipinski definition) is 16. The van der Waals surface area contributed by atoms with Crippen molar-refractivity contribution in [3.05, 3.63) is 0 Å². The third-order valence-electron chi connectivity index (χ3n) is 6.09. The first-order chi connectivity index (χ1) is 16.0. The molecule has 0 bridgehead atoms. The topological polar surface area (TPSA) is 269 Å². The molecule has 3 aliphatic rings. The van der Waals surface area contributed by atoms with E-state index in [4.69, 9.17) is 23.7 Å². The third kappa shape index (κ3) is 5.37. The molecule has 0 aromatic rings. The van der Waals surface area contributed by atoms with Gasteiger partial charge in [-0.1, -0.05) is 0 Å². The minimum atomic E-state index is -1.91. The molecule has 3 fully saturated rings. The molecule has 3 aliphatic heterocycles. The lowest BCUT2D eigenvalue weighted by Crippen LogP contribution is -2.66. The van der Waals surface area contributed by atoms with Crippen LogP contribution in [-0.2, 0) is 23.7 Å². The predicted molar refractivity (Wildman–Crippen MR) is 101 cm³/mol. The highest BCUT2D eigenvalue weighted by atomic mass is 16.8. The summed E-state index contributed by atoms with van der Waals surface area (Å²) in [5, 5.41) is 109. The van der Waals surface area contributed by atoms with Crippen LogP contribution < -0.4 is 0 Å². The monoisotopic (exact) mass is 504 g/mol. The van der Waals surface area contributed by atoms with E-state index in [1.54, 1.807) is 0 Å². The van der Waals surface area contributed by atoms with E-state index in [-0.39, 0.29) is 0 Å². The Bertz CT molecular complexity index is 635. The van der Waals surface area contributed by atoms with Crippen molar-refractivity contribution in [3.63, 3.8) is 0 Å². The number of hydrogen-bond donors (Lipinski definition) is 11. The zero-order valence-corrected chi connectivity index (χ0v) is 17.7. The fourth-order valence-electron chi connectivity index (χ4n) is 4.06. The van der Waals surface area contributed by atoms with Crippen molar-refractivity contribution in [1.29, 1.82) is 0 Å². The molecule has 15 atom stereocenters. The van der Waals surface area contributed by atoms with Gasteiger partial charge in [0.1, 0.15) is 73.2 Å². The molecular weight excluding hydrogens is 472 g/mol. The highest BCUT2D eigenvalue weighted by Gasteiger charge is 2.53. The fraction of sp³-hybridized carbons (Fsp3) is 1.00. The SMILES string of the molecule is OC[C@H]1O[C@@H](O[C@H]2[C@H](O)[C@H](O)[C@H](O[C@H]3[C@H](O)[C@H](O)C(O)O[C@@H]3CO)O[C@@H]2CO)[C@H](O)[C@@H](O)[C@H]1O. The van der Waals surface area contributed by atoms with E-state index < -0.39 is 112 Å². The summed E-state index contributed by atoms with van der Waals surface area (Å²) in [6, 6.07) is 0. The van der Waals surface area contributed by atoms with Gasteiger partial charge in [-0.05, 0) is 0 Å². The Kier molecular flexibility index (Phi) is 9.54. The molecule has 16 nitrogen and oxygen atoms in total. The smallest absolute Gasteiger partial charge is 0.187 e. The fourth-order valence-corrected chi connectivity index (χ4v) is 4.06. The summed E-state index contributed by atoms with van der Waals surface area (Å²) in [6.07, 6.45) is -25.1. The van der Waals surface area contributed by atoms with E-state index in [0.29, 0.717) is 0 Å². The number of aliphatic hydroxyl groups excluding tert-OH is 11. The first kappa shape index (κ1) is 27.9. The lowest BCUT2D eigenvalue weighted by atomic mass is 9.96. The van der Waals surface area contributed by atoms with E-state index in [2.05, 4.69) is 0 Å². The maximum Gasteiger partial charge on any atom is 0.187 e. The zero-order valence-electron chi connectivity index (χ0n) is 17.7. The van der Waals surface area contributed by atoms with Crippen LogP contribution >= 0.6 is 0 Å². The molecule has 3 heterocycles. The minimum Gasteiger partial charge on any atom is -0.394 e. The molecule has 0 aromatic heterocycles. The second-order valence-electron chi connectivity index (χ2n) is 8.33.